The number of carbonyl (C=O) groups is 2. The third kappa shape index (κ3) is 4.06. The molecule has 1 aromatic carbocycles. The minimum atomic E-state index is -0.636. The van der Waals surface area contributed by atoms with Crippen molar-refractivity contribution >= 4 is 11.9 Å². The summed E-state index contributed by atoms with van der Waals surface area (Å²) in [7, 11) is 0. The molecular weight excluding hydrogens is 258 g/mol. The lowest BCUT2D eigenvalue weighted by molar-refractivity contribution is -0.120. The fraction of sp³-hybridized carbons (Fsp3) is 0.467. The highest BCUT2D eigenvalue weighted by atomic mass is 16.7. The monoisotopic (exact) mass is 277 g/mol. The molecule has 0 bridgehead atoms. The second-order valence-corrected chi connectivity index (χ2v) is 4.81. The molecule has 0 heterocycles. The van der Waals surface area contributed by atoms with Crippen LogP contribution in [0.5, 0.6) is 5.75 Å². The number of Topliss-reactive ketones (excluding diaryl/α,β-unsaturated/α-hetero) is 1. The van der Waals surface area contributed by atoms with Crippen LogP contribution in [0.4, 0.5) is 4.79 Å². The van der Waals surface area contributed by atoms with E-state index in [1.165, 1.54) is 5.56 Å². The summed E-state index contributed by atoms with van der Waals surface area (Å²) in [4.78, 5) is 27.3. The Morgan fingerprint density at radius 1 is 1.25 bits per heavy atom. The van der Waals surface area contributed by atoms with Crippen molar-refractivity contribution in [1.82, 2.24) is 5.48 Å². The SMILES string of the molecule is CCONC(=O)Oc1ccc(C2CCC(=O)CC2)cc1. The maximum Gasteiger partial charge on any atom is 0.436 e. The lowest BCUT2D eigenvalue weighted by Crippen LogP contribution is -2.26. The van der Waals surface area contributed by atoms with Gasteiger partial charge in [-0.15, -0.1) is 0 Å². The number of hydrogen-bond acceptors (Lipinski definition) is 4. The van der Waals surface area contributed by atoms with Crippen molar-refractivity contribution in [2.75, 3.05) is 6.61 Å². The summed E-state index contributed by atoms with van der Waals surface area (Å²) in [6.45, 7) is 2.15. The number of nitrogens with one attached hydrogen (secondary N) is 1. The zero-order valence-electron chi connectivity index (χ0n) is 11.6. The smallest absolute Gasteiger partial charge is 0.409 e. The van der Waals surface area contributed by atoms with Crippen LogP contribution in [-0.2, 0) is 9.63 Å². The molecule has 0 spiro atoms. The number of amides is 1. The van der Waals surface area contributed by atoms with E-state index in [9.17, 15) is 9.59 Å². The molecule has 0 aromatic heterocycles. The van der Waals surface area contributed by atoms with Gasteiger partial charge in [0.25, 0.3) is 0 Å². The molecule has 5 heteroatoms. The van der Waals surface area contributed by atoms with Crippen molar-refractivity contribution in [2.24, 2.45) is 0 Å². The summed E-state index contributed by atoms with van der Waals surface area (Å²) in [6.07, 6.45) is 2.51. The van der Waals surface area contributed by atoms with Gasteiger partial charge in [0.15, 0.2) is 0 Å². The summed E-state index contributed by atoms with van der Waals surface area (Å²) in [5.74, 6) is 1.26. The van der Waals surface area contributed by atoms with Gasteiger partial charge >= 0.3 is 6.09 Å². The summed E-state index contributed by atoms with van der Waals surface area (Å²) in [5, 5.41) is 0. The van der Waals surface area contributed by atoms with Gasteiger partial charge < -0.3 is 4.74 Å². The quantitative estimate of drug-likeness (QED) is 0.859. The Bertz CT molecular complexity index is 459. The number of carbonyl (C=O) groups excluding carboxylic acids is 2. The number of benzene rings is 1. The molecular formula is C15H19NO4. The summed E-state index contributed by atoms with van der Waals surface area (Å²) in [5.41, 5.74) is 3.35. The van der Waals surface area contributed by atoms with Gasteiger partial charge in [-0.1, -0.05) is 12.1 Å². The predicted octanol–water partition coefficient (Wildman–Crippen LogP) is 2.95. The first-order chi connectivity index (χ1) is 9.69. The van der Waals surface area contributed by atoms with Gasteiger partial charge in [-0.25, -0.2) is 4.79 Å². The van der Waals surface area contributed by atoms with E-state index in [1.807, 2.05) is 12.1 Å². The molecule has 1 amide bonds. The maximum absolute atomic E-state index is 11.3. The normalized spacial score (nSPS) is 15.9. The van der Waals surface area contributed by atoms with Crippen molar-refractivity contribution in [2.45, 2.75) is 38.5 Å². The highest BCUT2D eigenvalue weighted by Crippen LogP contribution is 2.31. The van der Waals surface area contributed by atoms with Gasteiger partial charge in [0.05, 0.1) is 6.61 Å². The lowest BCUT2D eigenvalue weighted by Gasteiger charge is -2.21. The molecule has 1 N–H and O–H groups in total. The highest BCUT2D eigenvalue weighted by molar-refractivity contribution is 5.79. The average molecular weight is 277 g/mol. The van der Waals surface area contributed by atoms with E-state index >= 15 is 0 Å². The van der Waals surface area contributed by atoms with E-state index < -0.39 is 6.09 Å². The minimum absolute atomic E-state index is 0.355. The van der Waals surface area contributed by atoms with Gasteiger partial charge in [-0.2, -0.15) is 5.48 Å². The van der Waals surface area contributed by atoms with E-state index in [2.05, 4.69) is 5.48 Å². The second-order valence-electron chi connectivity index (χ2n) is 4.81. The molecule has 0 atom stereocenters. The maximum atomic E-state index is 11.3. The number of ether oxygens (including phenoxy) is 1. The topological polar surface area (TPSA) is 64.6 Å². The van der Waals surface area contributed by atoms with Crippen molar-refractivity contribution in [3.8, 4) is 5.75 Å². The predicted molar refractivity (Wildman–Crippen MR) is 73.4 cm³/mol. The molecule has 1 fully saturated rings. The van der Waals surface area contributed by atoms with Crippen LogP contribution in [-0.4, -0.2) is 18.5 Å². The number of rotatable bonds is 4. The molecule has 0 aliphatic heterocycles. The molecule has 108 valence electrons. The lowest BCUT2D eigenvalue weighted by atomic mass is 9.83. The third-order valence-electron chi connectivity index (χ3n) is 3.41. The van der Waals surface area contributed by atoms with Crippen LogP contribution >= 0.6 is 0 Å². The van der Waals surface area contributed by atoms with E-state index in [0.717, 1.165) is 12.8 Å². The van der Waals surface area contributed by atoms with Crippen LogP contribution in [0.15, 0.2) is 24.3 Å². The van der Waals surface area contributed by atoms with Crippen LogP contribution in [0.25, 0.3) is 0 Å². The Kier molecular flexibility index (Phi) is 5.12. The Morgan fingerprint density at radius 2 is 1.90 bits per heavy atom. The first kappa shape index (κ1) is 14.5. The fourth-order valence-corrected chi connectivity index (χ4v) is 2.34. The van der Waals surface area contributed by atoms with E-state index in [1.54, 1.807) is 19.1 Å². The molecule has 20 heavy (non-hydrogen) atoms. The molecule has 1 aliphatic rings. The first-order valence-corrected chi connectivity index (χ1v) is 6.90. The van der Waals surface area contributed by atoms with Crippen molar-refractivity contribution in [1.29, 1.82) is 0 Å². The largest absolute Gasteiger partial charge is 0.436 e. The summed E-state index contributed by atoms with van der Waals surface area (Å²) in [6, 6.07) is 7.42. The van der Waals surface area contributed by atoms with Crippen LogP contribution in [0.1, 0.15) is 44.1 Å². The molecule has 0 radical (unpaired) electrons. The first-order valence-electron chi connectivity index (χ1n) is 6.90. The average Bonchev–Trinajstić information content (AvgIpc) is 2.47. The molecule has 0 unspecified atom stereocenters. The number of ketones is 1. The Morgan fingerprint density at radius 3 is 2.50 bits per heavy atom. The van der Waals surface area contributed by atoms with Gasteiger partial charge in [-0.3, -0.25) is 9.63 Å². The van der Waals surface area contributed by atoms with E-state index in [4.69, 9.17) is 9.57 Å². The van der Waals surface area contributed by atoms with Crippen LogP contribution in [0.2, 0.25) is 0 Å². The zero-order valence-corrected chi connectivity index (χ0v) is 11.6. The van der Waals surface area contributed by atoms with Crippen molar-refractivity contribution in [3.63, 3.8) is 0 Å². The summed E-state index contributed by atoms with van der Waals surface area (Å²) < 4.78 is 5.05. The Hall–Kier alpha value is -1.88. The van der Waals surface area contributed by atoms with E-state index in [-0.39, 0.29) is 0 Å². The molecule has 1 saturated carbocycles. The van der Waals surface area contributed by atoms with E-state index in [0.29, 0.717) is 36.9 Å². The number of hydroxylamine groups is 1. The number of hydrogen-bond donors (Lipinski definition) is 1. The van der Waals surface area contributed by atoms with Gasteiger partial charge in [-0.05, 0) is 43.4 Å². The Balaban J connectivity index is 1.89. The van der Waals surface area contributed by atoms with Crippen LogP contribution in [0, 0.1) is 0 Å². The van der Waals surface area contributed by atoms with Crippen molar-refractivity contribution in [3.05, 3.63) is 29.8 Å². The fourth-order valence-electron chi connectivity index (χ4n) is 2.34. The highest BCUT2D eigenvalue weighted by Gasteiger charge is 2.20. The molecule has 1 aliphatic carbocycles. The molecule has 5 nitrogen and oxygen atoms in total. The summed E-state index contributed by atoms with van der Waals surface area (Å²) >= 11 is 0. The van der Waals surface area contributed by atoms with Gasteiger partial charge in [0.1, 0.15) is 11.5 Å². The molecule has 1 aromatic rings. The minimum Gasteiger partial charge on any atom is -0.409 e. The van der Waals surface area contributed by atoms with Crippen LogP contribution in [0.3, 0.4) is 0 Å². The van der Waals surface area contributed by atoms with Gasteiger partial charge in [0, 0.05) is 12.8 Å². The zero-order chi connectivity index (χ0) is 14.4. The van der Waals surface area contributed by atoms with Gasteiger partial charge in [0.2, 0.25) is 0 Å². The Labute approximate surface area is 118 Å². The molecule has 0 saturated heterocycles. The second kappa shape index (κ2) is 7.05. The van der Waals surface area contributed by atoms with Crippen LogP contribution < -0.4 is 10.2 Å². The van der Waals surface area contributed by atoms with Crippen molar-refractivity contribution < 1.29 is 19.2 Å². The third-order valence-corrected chi connectivity index (χ3v) is 3.41. The standard InChI is InChI=1S/C15H19NO4/c1-2-19-16-15(18)20-14-9-5-12(6-10-14)11-3-7-13(17)8-4-11/h5-6,9-11H,2-4,7-8H2,1H3,(H,16,18). The molecule has 2 rings (SSSR count).